The van der Waals surface area contributed by atoms with Crippen LogP contribution >= 0.6 is 0 Å². The zero-order valence-electron chi connectivity index (χ0n) is 8.12. The molecule has 4 nitrogen and oxygen atoms in total. The van der Waals surface area contributed by atoms with Crippen molar-refractivity contribution < 1.29 is 0 Å². The van der Waals surface area contributed by atoms with Gasteiger partial charge in [-0.05, 0) is 12.8 Å². The van der Waals surface area contributed by atoms with Crippen LogP contribution in [-0.2, 0) is 0 Å². The molecule has 0 radical (unpaired) electrons. The highest BCUT2D eigenvalue weighted by molar-refractivity contribution is 5.31. The molecule has 14 heavy (non-hydrogen) atoms. The Balaban J connectivity index is 2.03. The molecule has 2 N–H and O–H groups in total. The predicted molar refractivity (Wildman–Crippen MR) is 55.4 cm³/mol. The van der Waals surface area contributed by atoms with Crippen LogP contribution in [0.4, 0.5) is 5.82 Å². The Morgan fingerprint density at radius 1 is 1.36 bits per heavy atom. The molecule has 0 aliphatic heterocycles. The van der Waals surface area contributed by atoms with Crippen molar-refractivity contribution in [2.75, 3.05) is 5.32 Å². The number of aromatic amines is 1. The number of anilines is 1. The summed E-state index contributed by atoms with van der Waals surface area (Å²) < 4.78 is 0. The number of hydrogen-bond donors (Lipinski definition) is 2. The van der Waals surface area contributed by atoms with Crippen molar-refractivity contribution >= 4 is 5.82 Å². The van der Waals surface area contributed by atoms with E-state index in [0.29, 0.717) is 11.9 Å². The fraction of sp³-hybridized carbons (Fsp3) is 0.600. The van der Waals surface area contributed by atoms with Crippen LogP contribution in [0.15, 0.2) is 17.2 Å². The molecule has 1 aliphatic carbocycles. The zero-order valence-corrected chi connectivity index (χ0v) is 8.12. The summed E-state index contributed by atoms with van der Waals surface area (Å²) in [5.41, 5.74) is -0.127. The van der Waals surface area contributed by atoms with Crippen molar-refractivity contribution in [2.45, 2.75) is 38.1 Å². The van der Waals surface area contributed by atoms with Gasteiger partial charge in [-0.25, -0.2) is 4.98 Å². The van der Waals surface area contributed by atoms with Gasteiger partial charge in [0.2, 0.25) is 0 Å². The summed E-state index contributed by atoms with van der Waals surface area (Å²) >= 11 is 0. The van der Waals surface area contributed by atoms with Gasteiger partial charge in [-0.2, -0.15) is 0 Å². The van der Waals surface area contributed by atoms with Crippen molar-refractivity contribution in [3.8, 4) is 0 Å². The van der Waals surface area contributed by atoms with Crippen molar-refractivity contribution in [2.24, 2.45) is 0 Å². The Morgan fingerprint density at radius 3 is 2.86 bits per heavy atom. The molecule has 1 heterocycles. The number of rotatable bonds is 2. The molecule has 0 spiro atoms. The highest BCUT2D eigenvalue weighted by atomic mass is 16.1. The predicted octanol–water partition coefficient (Wildman–Crippen LogP) is 1.51. The third kappa shape index (κ3) is 2.13. The van der Waals surface area contributed by atoms with Gasteiger partial charge in [0.1, 0.15) is 0 Å². The minimum Gasteiger partial charge on any atom is -0.363 e. The van der Waals surface area contributed by atoms with Crippen LogP contribution < -0.4 is 10.9 Å². The van der Waals surface area contributed by atoms with Gasteiger partial charge in [0.25, 0.3) is 5.56 Å². The van der Waals surface area contributed by atoms with Crippen LogP contribution in [0.25, 0.3) is 0 Å². The van der Waals surface area contributed by atoms with Gasteiger partial charge < -0.3 is 10.3 Å². The molecule has 0 bridgehead atoms. The maximum absolute atomic E-state index is 11.3. The Hall–Kier alpha value is -1.32. The first-order valence-electron chi connectivity index (χ1n) is 5.16. The van der Waals surface area contributed by atoms with Gasteiger partial charge in [-0.15, -0.1) is 0 Å². The molecule has 1 saturated carbocycles. The van der Waals surface area contributed by atoms with Gasteiger partial charge in [0, 0.05) is 18.4 Å². The van der Waals surface area contributed by atoms with Crippen molar-refractivity contribution in [1.82, 2.24) is 9.97 Å². The standard InChI is InChI=1S/C10H15N3O/c14-10-9(11-6-7-12-10)13-8-4-2-1-3-5-8/h6-8H,1-5H2,(H,11,13)(H,12,14). The largest absolute Gasteiger partial charge is 0.363 e. The molecule has 0 amide bonds. The molecular weight excluding hydrogens is 178 g/mol. The first-order chi connectivity index (χ1) is 6.86. The Bertz CT molecular complexity index is 341. The Labute approximate surface area is 82.8 Å². The highest BCUT2D eigenvalue weighted by Crippen LogP contribution is 2.19. The lowest BCUT2D eigenvalue weighted by Gasteiger charge is -2.22. The van der Waals surface area contributed by atoms with Crippen molar-refractivity contribution in [3.63, 3.8) is 0 Å². The summed E-state index contributed by atoms with van der Waals surface area (Å²) in [4.78, 5) is 17.9. The van der Waals surface area contributed by atoms with Gasteiger partial charge in [-0.3, -0.25) is 4.79 Å². The SMILES string of the molecule is O=c1[nH]ccnc1NC1CCCCC1. The molecule has 1 aromatic rings. The maximum atomic E-state index is 11.3. The van der Waals surface area contributed by atoms with E-state index in [1.807, 2.05) is 0 Å². The van der Waals surface area contributed by atoms with E-state index in [1.54, 1.807) is 12.4 Å². The second kappa shape index (κ2) is 4.26. The first kappa shape index (κ1) is 9.24. The number of nitrogens with one attached hydrogen (secondary N) is 2. The molecule has 1 fully saturated rings. The van der Waals surface area contributed by atoms with E-state index in [2.05, 4.69) is 15.3 Å². The molecule has 1 aromatic heterocycles. The van der Waals surface area contributed by atoms with E-state index in [-0.39, 0.29) is 5.56 Å². The van der Waals surface area contributed by atoms with Crippen LogP contribution in [0.3, 0.4) is 0 Å². The fourth-order valence-electron chi connectivity index (χ4n) is 1.89. The van der Waals surface area contributed by atoms with E-state index in [4.69, 9.17) is 0 Å². The molecule has 4 heteroatoms. The average Bonchev–Trinajstić information content (AvgIpc) is 2.23. The van der Waals surface area contributed by atoms with E-state index in [1.165, 1.54) is 19.3 Å². The Kier molecular flexibility index (Phi) is 2.81. The van der Waals surface area contributed by atoms with E-state index < -0.39 is 0 Å². The summed E-state index contributed by atoms with van der Waals surface area (Å²) in [6.07, 6.45) is 9.27. The monoisotopic (exact) mass is 193 g/mol. The second-order valence-corrected chi connectivity index (χ2v) is 3.75. The van der Waals surface area contributed by atoms with Gasteiger partial charge >= 0.3 is 0 Å². The lowest BCUT2D eigenvalue weighted by atomic mass is 9.96. The summed E-state index contributed by atoms with van der Waals surface area (Å²) in [6.45, 7) is 0. The minimum atomic E-state index is -0.127. The quantitative estimate of drug-likeness (QED) is 0.748. The lowest BCUT2D eigenvalue weighted by Crippen LogP contribution is -2.27. The topological polar surface area (TPSA) is 57.8 Å². The summed E-state index contributed by atoms with van der Waals surface area (Å²) in [7, 11) is 0. The summed E-state index contributed by atoms with van der Waals surface area (Å²) in [6, 6.07) is 0.430. The molecule has 2 rings (SSSR count). The van der Waals surface area contributed by atoms with E-state index in [0.717, 1.165) is 12.8 Å². The second-order valence-electron chi connectivity index (χ2n) is 3.75. The zero-order chi connectivity index (χ0) is 9.80. The van der Waals surface area contributed by atoms with E-state index in [9.17, 15) is 4.79 Å². The van der Waals surface area contributed by atoms with Gasteiger partial charge in [0.05, 0.1) is 0 Å². The highest BCUT2D eigenvalue weighted by Gasteiger charge is 2.14. The molecule has 76 valence electrons. The molecule has 0 saturated heterocycles. The minimum absolute atomic E-state index is 0.127. The van der Waals surface area contributed by atoms with Crippen molar-refractivity contribution in [1.29, 1.82) is 0 Å². The summed E-state index contributed by atoms with van der Waals surface area (Å²) in [5.74, 6) is 0.458. The third-order valence-electron chi connectivity index (χ3n) is 2.65. The lowest BCUT2D eigenvalue weighted by molar-refractivity contribution is 0.461. The number of hydrogen-bond acceptors (Lipinski definition) is 3. The van der Waals surface area contributed by atoms with Crippen LogP contribution in [0.2, 0.25) is 0 Å². The fourth-order valence-corrected chi connectivity index (χ4v) is 1.89. The molecule has 0 unspecified atom stereocenters. The number of nitrogens with zero attached hydrogens (tertiary/aromatic N) is 1. The van der Waals surface area contributed by atoms with Gasteiger partial charge in [-0.1, -0.05) is 19.3 Å². The number of aromatic nitrogens is 2. The molecule has 0 atom stereocenters. The average molecular weight is 193 g/mol. The Morgan fingerprint density at radius 2 is 2.14 bits per heavy atom. The van der Waals surface area contributed by atoms with Crippen LogP contribution in [-0.4, -0.2) is 16.0 Å². The first-order valence-corrected chi connectivity index (χ1v) is 5.16. The normalized spacial score (nSPS) is 18.0. The molecule has 1 aliphatic rings. The van der Waals surface area contributed by atoms with Crippen LogP contribution in [0.5, 0.6) is 0 Å². The smallest absolute Gasteiger partial charge is 0.290 e. The van der Waals surface area contributed by atoms with Crippen LogP contribution in [0, 0.1) is 0 Å². The summed E-state index contributed by atoms with van der Waals surface area (Å²) in [5, 5.41) is 3.19. The third-order valence-corrected chi connectivity index (χ3v) is 2.65. The molecular formula is C10H15N3O. The van der Waals surface area contributed by atoms with E-state index >= 15 is 0 Å². The maximum Gasteiger partial charge on any atom is 0.290 e. The van der Waals surface area contributed by atoms with Crippen LogP contribution in [0.1, 0.15) is 32.1 Å². The number of H-pyrrole nitrogens is 1. The van der Waals surface area contributed by atoms with Crippen molar-refractivity contribution in [3.05, 3.63) is 22.7 Å². The van der Waals surface area contributed by atoms with Gasteiger partial charge in [0.15, 0.2) is 5.82 Å². The molecule has 0 aromatic carbocycles.